The zero-order chi connectivity index (χ0) is 24.1. The summed E-state index contributed by atoms with van der Waals surface area (Å²) >= 11 is 0. The Bertz CT molecular complexity index is 1120. The fraction of sp³-hybridized carbons (Fsp3) is 0.348. The van der Waals surface area contributed by atoms with E-state index in [9.17, 15) is 13.2 Å². The molecule has 0 atom stereocenters. The number of nitrogens with zero attached hydrogens (tertiary/aromatic N) is 5. The fourth-order valence-electron chi connectivity index (χ4n) is 3.78. The molecule has 1 saturated heterocycles. The van der Waals surface area contributed by atoms with Crippen molar-refractivity contribution in [2.45, 2.75) is 19.6 Å². The number of piperazine rings is 1. The van der Waals surface area contributed by atoms with Crippen LogP contribution in [0.3, 0.4) is 0 Å². The number of halogens is 3. The van der Waals surface area contributed by atoms with Crippen LogP contribution >= 0.6 is 0 Å². The first-order valence-electron chi connectivity index (χ1n) is 11.0. The van der Waals surface area contributed by atoms with Gasteiger partial charge in [-0.1, -0.05) is 18.2 Å². The van der Waals surface area contributed by atoms with E-state index in [-0.39, 0.29) is 5.95 Å². The second-order valence-corrected chi connectivity index (χ2v) is 7.80. The van der Waals surface area contributed by atoms with Crippen LogP contribution in [0.1, 0.15) is 18.3 Å². The predicted octanol–water partition coefficient (Wildman–Crippen LogP) is 3.94. The van der Waals surface area contributed by atoms with E-state index in [4.69, 9.17) is 10.5 Å². The average Bonchev–Trinajstić information content (AvgIpc) is 2.80. The van der Waals surface area contributed by atoms with Gasteiger partial charge in [-0.2, -0.15) is 28.1 Å². The molecule has 1 aliphatic rings. The maximum Gasteiger partial charge on any atom is 0.416 e. The maximum absolute atomic E-state index is 13.0. The maximum atomic E-state index is 13.0. The number of aromatic nitrogens is 3. The molecule has 1 aliphatic heterocycles. The molecule has 3 N–H and O–H groups in total. The average molecular weight is 474 g/mol. The molecule has 3 aromatic rings. The Balaban J connectivity index is 1.40. The summed E-state index contributed by atoms with van der Waals surface area (Å²) in [5.74, 6) is 1.61. The topological polar surface area (TPSA) is 92.4 Å². The first-order valence-corrected chi connectivity index (χ1v) is 11.0. The van der Waals surface area contributed by atoms with E-state index in [2.05, 4.69) is 25.2 Å². The molecule has 34 heavy (non-hydrogen) atoms. The van der Waals surface area contributed by atoms with Gasteiger partial charge in [0.15, 0.2) is 0 Å². The second-order valence-electron chi connectivity index (χ2n) is 7.80. The van der Waals surface area contributed by atoms with Crippen LogP contribution in [0.2, 0.25) is 0 Å². The molecule has 0 aliphatic carbocycles. The number of anilines is 4. The molecular formula is C23H26F3N7O. The number of benzene rings is 2. The highest BCUT2D eigenvalue weighted by molar-refractivity contribution is 5.62. The van der Waals surface area contributed by atoms with Gasteiger partial charge in [0.2, 0.25) is 11.9 Å². The summed E-state index contributed by atoms with van der Waals surface area (Å²) in [4.78, 5) is 17.0. The monoisotopic (exact) mass is 473 g/mol. The van der Waals surface area contributed by atoms with Crippen molar-refractivity contribution in [3.8, 4) is 5.75 Å². The SMILES string of the molecule is CCOc1ccccc1Nc1nc(N)nc(CN2CCN(c3cccc(C(F)(F)F)c3)CC2)n1. The quantitative estimate of drug-likeness (QED) is 0.533. The molecule has 0 unspecified atom stereocenters. The van der Waals surface area contributed by atoms with Crippen LogP contribution in [-0.2, 0) is 12.7 Å². The van der Waals surface area contributed by atoms with Crippen LogP contribution in [-0.4, -0.2) is 52.6 Å². The number of nitrogen functional groups attached to an aromatic ring is 1. The van der Waals surface area contributed by atoms with Crippen LogP contribution in [0.25, 0.3) is 0 Å². The first kappa shape index (κ1) is 23.6. The van der Waals surface area contributed by atoms with Crippen LogP contribution in [0.5, 0.6) is 5.75 Å². The van der Waals surface area contributed by atoms with Crippen molar-refractivity contribution in [1.82, 2.24) is 19.9 Å². The number of alkyl halides is 3. The van der Waals surface area contributed by atoms with Crippen molar-refractivity contribution in [2.24, 2.45) is 0 Å². The molecule has 1 aromatic heterocycles. The lowest BCUT2D eigenvalue weighted by atomic mass is 10.1. The highest BCUT2D eigenvalue weighted by atomic mass is 19.4. The van der Waals surface area contributed by atoms with E-state index in [1.165, 1.54) is 12.1 Å². The van der Waals surface area contributed by atoms with Gasteiger partial charge in [0.05, 0.1) is 24.4 Å². The Morgan fingerprint density at radius 3 is 2.50 bits per heavy atom. The summed E-state index contributed by atoms with van der Waals surface area (Å²) in [6.07, 6.45) is -4.36. The number of hydrogen-bond donors (Lipinski definition) is 2. The minimum atomic E-state index is -4.36. The third-order valence-corrected chi connectivity index (χ3v) is 5.41. The zero-order valence-electron chi connectivity index (χ0n) is 18.7. The van der Waals surface area contributed by atoms with Gasteiger partial charge in [-0.05, 0) is 37.3 Å². The number of hydrogen-bond acceptors (Lipinski definition) is 8. The molecule has 180 valence electrons. The van der Waals surface area contributed by atoms with Gasteiger partial charge in [0, 0.05) is 31.9 Å². The minimum Gasteiger partial charge on any atom is -0.492 e. The summed E-state index contributed by atoms with van der Waals surface area (Å²) in [6, 6.07) is 12.9. The molecule has 0 saturated carbocycles. The Hall–Kier alpha value is -3.60. The summed E-state index contributed by atoms with van der Waals surface area (Å²) in [7, 11) is 0. The van der Waals surface area contributed by atoms with Gasteiger partial charge >= 0.3 is 6.18 Å². The van der Waals surface area contributed by atoms with Crippen LogP contribution in [0.4, 0.5) is 36.4 Å². The fourth-order valence-corrected chi connectivity index (χ4v) is 3.78. The molecule has 8 nitrogen and oxygen atoms in total. The van der Waals surface area contributed by atoms with E-state index >= 15 is 0 Å². The van der Waals surface area contributed by atoms with Gasteiger partial charge in [-0.25, -0.2) is 0 Å². The summed E-state index contributed by atoms with van der Waals surface area (Å²) in [5, 5.41) is 3.14. The molecule has 1 fully saturated rings. The molecule has 11 heteroatoms. The van der Waals surface area contributed by atoms with E-state index in [0.717, 1.165) is 11.8 Å². The van der Waals surface area contributed by atoms with Crippen molar-refractivity contribution in [2.75, 3.05) is 48.7 Å². The predicted molar refractivity (Wildman–Crippen MR) is 124 cm³/mol. The van der Waals surface area contributed by atoms with Gasteiger partial charge in [0.25, 0.3) is 0 Å². The van der Waals surface area contributed by atoms with Gasteiger partial charge in [0.1, 0.15) is 11.6 Å². The Labute approximate surface area is 195 Å². The van der Waals surface area contributed by atoms with Gasteiger partial charge < -0.3 is 20.7 Å². The number of ether oxygens (including phenoxy) is 1. The lowest BCUT2D eigenvalue weighted by Gasteiger charge is -2.36. The van der Waals surface area contributed by atoms with E-state index in [0.29, 0.717) is 62.5 Å². The molecule has 0 spiro atoms. The number of nitrogens with one attached hydrogen (secondary N) is 1. The number of para-hydroxylation sites is 2. The van der Waals surface area contributed by atoms with E-state index in [1.54, 1.807) is 6.07 Å². The van der Waals surface area contributed by atoms with Crippen molar-refractivity contribution >= 4 is 23.3 Å². The molecule has 2 aromatic carbocycles. The minimum absolute atomic E-state index is 0.101. The zero-order valence-corrected chi connectivity index (χ0v) is 18.7. The van der Waals surface area contributed by atoms with Crippen molar-refractivity contribution in [3.63, 3.8) is 0 Å². The van der Waals surface area contributed by atoms with E-state index in [1.807, 2.05) is 36.1 Å². The molecule has 0 bridgehead atoms. The van der Waals surface area contributed by atoms with Crippen molar-refractivity contribution in [1.29, 1.82) is 0 Å². The van der Waals surface area contributed by atoms with Crippen LogP contribution in [0, 0.1) is 0 Å². The summed E-state index contributed by atoms with van der Waals surface area (Å²) in [5.41, 5.74) is 6.56. The van der Waals surface area contributed by atoms with Gasteiger partial charge in [-0.3, -0.25) is 4.90 Å². The molecular weight excluding hydrogens is 447 g/mol. The third kappa shape index (κ3) is 5.84. The summed E-state index contributed by atoms with van der Waals surface area (Å²) in [6.45, 7) is 5.36. The van der Waals surface area contributed by atoms with Gasteiger partial charge in [-0.15, -0.1) is 0 Å². The lowest BCUT2D eigenvalue weighted by Crippen LogP contribution is -2.46. The second kappa shape index (κ2) is 10.1. The van der Waals surface area contributed by atoms with Crippen molar-refractivity contribution in [3.05, 3.63) is 59.9 Å². The van der Waals surface area contributed by atoms with E-state index < -0.39 is 11.7 Å². The molecule has 2 heterocycles. The van der Waals surface area contributed by atoms with Crippen molar-refractivity contribution < 1.29 is 17.9 Å². The Morgan fingerprint density at radius 1 is 1.00 bits per heavy atom. The molecule has 4 rings (SSSR count). The number of rotatable bonds is 7. The standard InChI is InChI=1S/C23H26F3N7O/c1-2-34-19-9-4-3-8-18(19)28-22-30-20(29-21(27)31-22)15-32-10-12-33(13-11-32)17-7-5-6-16(14-17)23(24,25)26/h3-9,14H,2,10-13,15H2,1H3,(H3,27,28,29,30,31). The Kier molecular flexibility index (Phi) is 7.01. The lowest BCUT2D eigenvalue weighted by molar-refractivity contribution is -0.137. The summed E-state index contributed by atoms with van der Waals surface area (Å²) < 4.78 is 44.7. The highest BCUT2D eigenvalue weighted by Crippen LogP contribution is 2.32. The normalized spacial score (nSPS) is 14.8. The van der Waals surface area contributed by atoms with Crippen LogP contribution < -0.4 is 20.7 Å². The first-order chi connectivity index (χ1) is 16.3. The number of nitrogens with two attached hydrogens (primary N) is 1. The molecule has 0 amide bonds. The largest absolute Gasteiger partial charge is 0.492 e. The highest BCUT2D eigenvalue weighted by Gasteiger charge is 2.31. The Morgan fingerprint density at radius 2 is 1.76 bits per heavy atom. The molecule has 0 radical (unpaired) electrons. The smallest absolute Gasteiger partial charge is 0.416 e. The third-order valence-electron chi connectivity index (χ3n) is 5.41. The van der Waals surface area contributed by atoms with Crippen LogP contribution in [0.15, 0.2) is 48.5 Å².